The van der Waals surface area contributed by atoms with Crippen molar-refractivity contribution in [3.63, 3.8) is 0 Å². The average molecular weight is 274 g/mol. The second-order valence-electron chi connectivity index (χ2n) is 6.01. The smallest absolute Gasteiger partial charge is 0.273 e. The van der Waals surface area contributed by atoms with Crippen molar-refractivity contribution in [3.8, 4) is 0 Å². The molecule has 0 unspecified atom stereocenters. The number of fused-ring (bicyclic) bond motifs is 2. The first kappa shape index (κ1) is 13.1. The summed E-state index contributed by atoms with van der Waals surface area (Å²) in [6, 6.07) is 4.91. The molecule has 0 saturated heterocycles. The van der Waals surface area contributed by atoms with Gasteiger partial charge >= 0.3 is 0 Å². The Hall–Kier alpha value is -1.91. The molecular formula is C15H18N2O3. The van der Waals surface area contributed by atoms with E-state index in [0.717, 1.165) is 12.3 Å². The SMILES string of the molecule is Cc1ccc(C(=O)N[C@H]2C[C@H]3CC[C@H]2C3)cc1[N+](=O)[O-]. The van der Waals surface area contributed by atoms with Gasteiger partial charge in [-0.15, -0.1) is 0 Å². The van der Waals surface area contributed by atoms with Gasteiger partial charge in [-0.2, -0.15) is 0 Å². The van der Waals surface area contributed by atoms with Crippen LogP contribution in [0.1, 0.15) is 41.6 Å². The molecule has 5 heteroatoms. The highest BCUT2D eigenvalue weighted by Gasteiger charge is 2.40. The summed E-state index contributed by atoms with van der Waals surface area (Å²) in [5, 5.41) is 14.0. The van der Waals surface area contributed by atoms with Crippen molar-refractivity contribution in [3.05, 3.63) is 39.4 Å². The predicted molar refractivity (Wildman–Crippen MR) is 74.5 cm³/mol. The van der Waals surface area contributed by atoms with Crippen molar-refractivity contribution in [2.45, 2.75) is 38.6 Å². The highest BCUT2D eigenvalue weighted by atomic mass is 16.6. The second kappa shape index (κ2) is 4.89. The lowest BCUT2D eigenvalue weighted by Gasteiger charge is -2.22. The van der Waals surface area contributed by atoms with Crippen molar-refractivity contribution in [1.29, 1.82) is 0 Å². The van der Waals surface area contributed by atoms with Gasteiger partial charge in [0.05, 0.1) is 4.92 Å². The normalized spacial score (nSPS) is 27.6. The van der Waals surface area contributed by atoms with Gasteiger partial charge in [-0.05, 0) is 44.1 Å². The quantitative estimate of drug-likeness (QED) is 0.680. The predicted octanol–water partition coefficient (Wildman–Crippen LogP) is 2.82. The molecule has 0 aromatic heterocycles. The number of nitro benzene ring substituents is 1. The topological polar surface area (TPSA) is 72.2 Å². The van der Waals surface area contributed by atoms with Gasteiger partial charge in [-0.3, -0.25) is 14.9 Å². The van der Waals surface area contributed by atoms with Crippen LogP contribution < -0.4 is 5.32 Å². The van der Waals surface area contributed by atoms with Gasteiger partial charge in [-0.1, -0.05) is 12.5 Å². The minimum atomic E-state index is -0.441. The van der Waals surface area contributed by atoms with Gasteiger partial charge < -0.3 is 5.32 Å². The molecule has 106 valence electrons. The molecule has 0 spiro atoms. The lowest BCUT2D eigenvalue weighted by atomic mass is 9.95. The third kappa shape index (κ3) is 2.28. The molecule has 3 rings (SSSR count). The summed E-state index contributed by atoms with van der Waals surface area (Å²) in [5.41, 5.74) is 0.960. The van der Waals surface area contributed by atoms with E-state index in [1.807, 2.05) is 0 Å². The van der Waals surface area contributed by atoms with Gasteiger partial charge in [-0.25, -0.2) is 0 Å². The van der Waals surface area contributed by atoms with Crippen LogP contribution in [0.15, 0.2) is 18.2 Å². The number of hydrogen-bond donors (Lipinski definition) is 1. The van der Waals surface area contributed by atoms with Crippen LogP contribution in [0, 0.1) is 28.9 Å². The van der Waals surface area contributed by atoms with Crippen molar-refractivity contribution in [2.75, 3.05) is 0 Å². The first-order chi connectivity index (χ1) is 9.54. The van der Waals surface area contributed by atoms with E-state index < -0.39 is 4.92 Å². The maximum Gasteiger partial charge on any atom is 0.273 e. The summed E-state index contributed by atoms with van der Waals surface area (Å²) < 4.78 is 0. The lowest BCUT2D eigenvalue weighted by Crippen LogP contribution is -2.38. The van der Waals surface area contributed by atoms with Crippen LogP contribution in [-0.2, 0) is 0 Å². The highest BCUT2D eigenvalue weighted by Crippen LogP contribution is 2.44. The van der Waals surface area contributed by atoms with Crippen LogP contribution in [0.3, 0.4) is 0 Å². The Morgan fingerprint density at radius 2 is 2.15 bits per heavy atom. The molecule has 0 aliphatic heterocycles. The minimum Gasteiger partial charge on any atom is -0.349 e. The van der Waals surface area contributed by atoms with E-state index in [9.17, 15) is 14.9 Å². The maximum absolute atomic E-state index is 12.2. The van der Waals surface area contributed by atoms with E-state index in [-0.39, 0.29) is 17.6 Å². The molecule has 2 fully saturated rings. The average Bonchev–Trinajstić information content (AvgIpc) is 3.01. The van der Waals surface area contributed by atoms with Crippen LogP contribution in [0.5, 0.6) is 0 Å². The molecule has 0 heterocycles. The van der Waals surface area contributed by atoms with Crippen molar-refractivity contribution >= 4 is 11.6 Å². The van der Waals surface area contributed by atoms with Crippen LogP contribution in [-0.4, -0.2) is 16.9 Å². The fourth-order valence-electron chi connectivity index (χ4n) is 3.62. The molecule has 3 atom stereocenters. The van der Waals surface area contributed by atoms with Crippen LogP contribution in [0.25, 0.3) is 0 Å². The van der Waals surface area contributed by atoms with Gasteiger partial charge in [0.25, 0.3) is 11.6 Å². The molecule has 5 nitrogen and oxygen atoms in total. The Morgan fingerprint density at radius 1 is 1.35 bits per heavy atom. The zero-order chi connectivity index (χ0) is 14.3. The Kier molecular flexibility index (Phi) is 3.20. The van der Waals surface area contributed by atoms with E-state index in [1.165, 1.54) is 25.3 Å². The first-order valence-corrected chi connectivity index (χ1v) is 7.10. The van der Waals surface area contributed by atoms with Crippen LogP contribution in [0.4, 0.5) is 5.69 Å². The Labute approximate surface area is 117 Å². The highest BCUT2D eigenvalue weighted by molar-refractivity contribution is 5.95. The number of amides is 1. The number of benzene rings is 1. The largest absolute Gasteiger partial charge is 0.349 e. The number of rotatable bonds is 3. The molecule has 0 radical (unpaired) electrons. The van der Waals surface area contributed by atoms with Crippen molar-refractivity contribution in [2.24, 2.45) is 11.8 Å². The van der Waals surface area contributed by atoms with Crippen molar-refractivity contribution < 1.29 is 9.72 Å². The van der Waals surface area contributed by atoms with E-state index in [4.69, 9.17) is 0 Å². The maximum atomic E-state index is 12.2. The molecule has 1 aromatic carbocycles. The molecule has 1 amide bonds. The van der Waals surface area contributed by atoms with E-state index in [1.54, 1.807) is 19.1 Å². The number of carbonyl (C=O) groups is 1. The molecule has 2 saturated carbocycles. The van der Waals surface area contributed by atoms with E-state index in [0.29, 0.717) is 17.0 Å². The Morgan fingerprint density at radius 3 is 2.75 bits per heavy atom. The van der Waals surface area contributed by atoms with E-state index >= 15 is 0 Å². The molecule has 20 heavy (non-hydrogen) atoms. The van der Waals surface area contributed by atoms with Gasteiger partial charge in [0.1, 0.15) is 0 Å². The third-order valence-corrected chi connectivity index (χ3v) is 4.72. The molecular weight excluding hydrogens is 256 g/mol. The number of nitrogens with one attached hydrogen (secondary N) is 1. The number of carbonyl (C=O) groups excluding carboxylic acids is 1. The van der Waals surface area contributed by atoms with Crippen LogP contribution >= 0.6 is 0 Å². The van der Waals surface area contributed by atoms with Crippen molar-refractivity contribution in [1.82, 2.24) is 5.32 Å². The van der Waals surface area contributed by atoms with Gasteiger partial charge in [0, 0.05) is 23.2 Å². The fraction of sp³-hybridized carbons (Fsp3) is 0.533. The summed E-state index contributed by atoms with van der Waals surface area (Å²) in [6.07, 6.45) is 4.76. The Bertz CT molecular complexity index is 570. The van der Waals surface area contributed by atoms with Gasteiger partial charge in [0.15, 0.2) is 0 Å². The Balaban J connectivity index is 1.74. The molecule has 2 aliphatic carbocycles. The third-order valence-electron chi connectivity index (χ3n) is 4.72. The lowest BCUT2D eigenvalue weighted by molar-refractivity contribution is -0.385. The summed E-state index contributed by atoms with van der Waals surface area (Å²) in [6.45, 7) is 1.68. The number of nitro groups is 1. The number of aryl methyl sites for hydroxylation is 1. The zero-order valence-electron chi connectivity index (χ0n) is 11.5. The zero-order valence-corrected chi connectivity index (χ0v) is 11.5. The summed E-state index contributed by atoms with van der Waals surface area (Å²) in [5.74, 6) is 1.17. The fourth-order valence-corrected chi connectivity index (χ4v) is 3.62. The number of nitrogens with zero attached hydrogens (tertiary/aromatic N) is 1. The first-order valence-electron chi connectivity index (χ1n) is 7.10. The van der Waals surface area contributed by atoms with Gasteiger partial charge in [0.2, 0.25) is 0 Å². The van der Waals surface area contributed by atoms with Crippen LogP contribution in [0.2, 0.25) is 0 Å². The summed E-state index contributed by atoms with van der Waals surface area (Å²) in [4.78, 5) is 22.7. The molecule has 1 aromatic rings. The monoisotopic (exact) mass is 274 g/mol. The standard InChI is InChI=1S/C15H18N2O3/c1-9-2-4-12(8-14(9)17(19)20)15(18)16-13-7-10-3-5-11(13)6-10/h2,4,8,10-11,13H,3,5-7H2,1H3,(H,16,18)/t10-,11-,13-/m0/s1. The molecule has 1 N–H and O–H groups in total. The molecule has 2 aliphatic rings. The second-order valence-corrected chi connectivity index (χ2v) is 6.01. The number of hydrogen-bond acceptors (Lipinski definition) is 3. The summed E-state index contributed by atoms with van der Waals surface area (Å²) in [7, 11) is 0. The summed E-state index contributed by atoms with van der Waals surface area (Å²) >= 11 is 0. The molecule has 2 bridgehead atoms. The van der Waals surface area contributed by atoms with E-state index in [2.05, 4.69) is 5.32 Å². The minimum absolute atomic E-state index is 0.00518.